The minimum absolute atomic E-state index is 0.0901. The van der Waals surface area contributed by atoms with Gasteiger partial charge in [0.25, 0.3) is 0 Å². The first kappa shape index (κ1) is 18.0. The number of rotatable bonds is 6. The van der Waals surface area contributed by atoms with E-state index in [0.29, 0.717) is 5.02 Å². The van der Waals surface area contributed by atoms with E-state index in [-0.39, 0.29) is 25.3 Å². The van der Waals surface area contributed by atoms with E-state index in [2.05, 4.69) is 4.98 Å². The number of nitrogens with one attached hydrogen (secondary N) is 1. The van der Waals surface area contributed by atoms with Gasteiger partial charge < -0.3 is 15.6 Å². The summed E-state index contributed by atoms with van der Waals surface area (Å²) in [6, 6.07) is 13.2. The van der Waals surface area contributed by atoms with Crippen molar-refractivity contribution in [3.8, 4) is 0 Å². The summed E-state index contributed by atoms with van der Waals surface area (Å²) in [5.74, 6) is -0.523. The van der Waals surface area contributed by atoms with Crippen LogP contribution in [-0.2, 0) is 16.0 Å². The zero-order valence-corrected chi connectivity index (χ0v) is 15.2. The monoisotopic (exact) mass is 369 g/mol. The number of anilines is 1. The van der Waals surface area contributed by atoms with Crippen LogP contribution in [0.4, 0.5) is 5.69 Å². The number of aromatic nitrogens is 1. The largest absolute Gasteiger partial charge is 0.370 e. The number of benzene rings is 2. The third-order valence-electron chi connectivity index (χ3n) is 4.27. The predicted molar refractivity (Wildman–Crippen MR) is 104 cm³/mol. The van der Waals surface area contributed by atoms with Crippen LogP contribution in [0.2, 0.25) is 5.02 Å². The van der Waals surface area contributed by atoms with Crippen molar-refractivity contribution in [2.75, 3.05) is 11.4 Å². The van der Waals surface area contributed by atoms with Crippen molar-refractivity contribution in [1.82, 2.24) is 4.98 Å². The van der Waals surface area contributed by atoms with Crippen molar-refractivity contribution in [1.29, 1.82) is 0 Å². The van der Waals surface area contributed by atoms with Gasteiger partial charge in [0.1, 0.15) is 0 Å². The molecule has 1 aromatic heterocycles. The summed E-state index contributed by atoms with van der Waals surface area (Å²) in [5.41, 5.74) is 8.86. The summed E-state index contributed by atoms with van der Waals surface area (Å²) in [7, 11) is 0. The first-order valence-electron chi connectivity index (χ1n) is 8.35. The van der Waals surface area contributed by atoms with Gasteiger partial charge in [0.2, 0.25) is 11.8 Å². The lowest BCUT2D eigenvalue weighted by molar-refractivity contribution is -0.118. The molecule has 3 aromatic rings. The SMILES string of the molecule is Cc1cccc(N(CCC(N)=O)C(=O)Cc2c[nH]c3cc(Cl)ccc23)c1. The van der Waals surface area contributed by atoms with Crippen LogP contribution in [-0.4, -0.2) is 23.3 Å². The Morgan fingerprint density at radius 3 is 2.73 bits per heavy atom. The molecule has 26 heavy (non-hydrogen) atoms. The molecule has 0 aliphatic rings. The molecule has 0 saturated heterocycles. The van der Waals surface area contributed by atoms with Crippen LogP contribution in [0.15, 0.2) is 48.7 Å². The highest BCUT2D eigenvalue weighted by Gasteiger charge is 2.18. The van der Waals surface area contributed by atoms with E-state index in [1.54, 1.807) is 11.0 Å². The molecule has 0 fully saturated rings. The first-order chi connectivity index (χ1) is 12.4. The Balaban J connectivity index is 1.87. The summed E-state index contributed by atoms with van der Waals surface area (Å²) in [4.78, 5) is 29.0. The summed E-state index contributed by atoms with van der Waals surface area (Å²) in [6.07, 6.45) is 2.15. The fourth-order valence-corrected chi connectivity index (χ4v) is 3.15. The van der Waals surface area contributed by atoms with Gasteiger partial charge in [-0.3, -0.25) is 9.59 Å². The van der Waals surface area contributed by atoms with Gasteiger partial charge in [0.15, 0.2) is 0 Å². The molecule has 134 valence electrons. The number of primary amides is 1. The van der Waals surface area contributed by atoms with Gasteiger partial charge in [0.05, 0.1) is 6.42 Å². The Hall–Kier alpha value is -2.79. The normalized spacial score (nSPS) is 10.8. The van der Waals surface area contributed by atoms with Gasteiger partial charge in [0, 0.05) is 40.8 Å². The lowest BCUT2D eigenvalue weighted by Crippen LogP contribution is -2.35. The zero-order chi connectivity index (χ0) is 18.7. The number of hydrogen-bond donors (Lipinski definition) is 2. The molecule has 3 N–H and O–H groups in total. The van der Waals surface area contributed by atoms with Crippen molar-refractivity contribution in [3.05, 3.63) is 64.8 Å². The summed E-state index contributed by atoms with van der Waals surface area (Å²) in [6.45, 7) is 2.22. The second-order valence-corrected chi connectivity index (χ2v) is 6.72. The maximum atomic E-state index is 13.0. The zero-order valence-electron chi connectivity index (χ0n) is 14.5. The fourth-order valence-electron chi connectivity index (χ4n) is 2.98. The Labute approximate surface area is 156 Å². The first-order valence-corrected chi connectivity index (χ1v) is 8.72. The maximum Gasteiger partial charge on any atom is 0.231 e. The Morgan fingerprint density at radius 2 is 2.00 bits per heavy atom. The van der Waals surface area contributed by atoms with Gasteiger partial charge in [-0.1, -0.05) is 29.8 Å². The van der Waals surface area contributed by atoms with E-state index < -0.39 is 5.91 Å². The molecule has 0 spiro atoms. The van der Waals surface area contributed by atoms with Crippen LogP contribution in [0.5, 0.6) is 0 Å². The molecule has 0 aliphatic heterocycles. The van der Waals surface area contributed by atoms with E-state index in [1.165, 1.54) is 0 Å². The number of halogens is 1. The molecule has 5 nitrogen and oxygen atoms in total. The van der Waals surface area contributed by atoms with Crippen LogP contribution in [0.25, 0.3) is 10.9 Å². The highest BCUT2D eigenvalue weighted by Crippen LogP contribution is 2.24. The fraction of sp³-hybridized carbons (Fsp3) is 0.200. The number of aryl methyl sites for hydroxylation is 1. The van der Waals surface area contributed by atoms with E-state index in [4.69, 9.17) is 17.3 Å². The molecule has 1 heterocycles. The van der Waals surface area contributed by atoms with Crippen molar-refractivity contribution < 1.29 is 9.59 Å². The van der Waals surface area contributed by atoms with Crippen molar-refractivity contribution in [3.63, 3.8) is 0 Å². The van der Waals surface area contributed by atoms with Crippen molar-refractivity contribution in [2.24, 2.45) is 5.73 Å². The number of amides is 2. The third kappa shape index (κ3) is 4.06. The number of carbonyl (C=O) groups excluding carboxylic acids is 2. The molecular weight excluding hydrogens is 350 g/mol. The number of aromatic amines is 1. The van der Waals surface area contributed by atoms with Gasteiger partial charge in [-0.05, 0) is 42.3 Å². The smallest absolute Gasteiger partial charge is 0.231 e. The number of H-pyrrole nitrogens is 1. The van der Waals surface area contributed by atoms with E-state index in [0.717, 1.165) is 27.7 Å². The lowest BCUT2D eigenvalue weighted by Gasteiger charge is -2.23. The Bertz CT molecular complexity index is 965. The molecule has 2 aromatic carbocycles. The minimum Gasteiger partial charge on any atom is -0.370 e. The summed E-state index contributed by atoms with van der Waals surface area (Å²) < 4.78 is 0. The number of hydrogen-bond acceptors (Lipinski definition) is 2. The van der Waals surface area contributed by atoms with Crippen LogP contribution < -0.4 is 10.6 Å². The molecule has 0 unspecified atom stereocenters. The molecule has 0 radical (unpaired) electrons. The third-order valence-corrected chi connectivity index (χ3v) is 4.50. The van der Waals surface area contributed by atoms with Crippen LogP contribution in [0.1, 0.15) is 17.5 Å². The Kier molecular flexibility index (Phi) is 5.28. The number of carbonyl (C=O) groups is 2. The van der Waals surface area contributed by atoms with E-state index in [1.807, 2.05) is 49.5 Å². The maximum absolute atomic E-state index is 13.0. The average Bonchev–Trinajstić information content (AvgIpc) is 2.96. The van der Waals surface area contributed by atoms with Crippen molar-refractivity contribution >= 4 is 40.0 Å². The van der Waals surface area contributed by atoms with Crippen LogP contribution >= 0.6 is 11.6 Å². The Morgan fingerprint density at radius 1 is 1.19 bits per heavy atom. The van der Waals surface area contributed by atoms with E-state index >= 15 is 0 Å². The number of nitrogens with zero attached hydrogens (tertiary/aromatic N) is 1. The second kappa shape index (κ2) is 7.62. The predicted octanol–water partition coefficient (Wildman–Crippen LogP) is 3.58. The van der Waals surface area contributed by atoms with Gasteiger partial charge in [-0.25, -0.2) is 0 Å². The lowest BCUT2D eigenvalue weighted by atomic mass is 10.1. The van der Waals surface area contributed by atoms with Gasteiger partial charge in [-0.2, -0.15) is 0 Å². The molecule has 0 saturated carbocycles. The molecule has 2 amide bonds. The molecule has 0 aliphatic carbocycles. The quantitative estimate of drug-likeness (QED) is 0.696. The second-order valence-electron chi connectivity index (χ2n) is 6.28. The van der Waals surface area contributed by atoms with Gasteiger partial charge >= 0.3 is 0 Å². The highest BCUT2D eigenvalue weighted by molar-refractivity contribution is 6.31. The average molecular weight is 370 g/mol. The number of nitrogens with two attached hydrogens (primary N) is 1. The van der Waals surface area contributed by atoms with E-state index in [9.17, 15) is 9.59 Å². The van der Waals surface area contributed by atoms with Crippen LogP contribution in [0, 0.1) is 6.92 Å². The molecule has 3 rings (SSSR count). The standard InChI is InChI=1S/C20H20ClN3O2/c1-13-3-2-4-16(9-13)24(8-7-19(22)25)20(26)10-14-12-23-18-11-15(21)5-6-17(14)18/h2-6,9,11-12,23H,7-8,10H2,1H3,(H2,22,25). The molecular formula is C20H20ClN3O2. The molecule has 0 atom stereocenters. The van der Waals surface area contributed by atoms with Crippen LogP contribution in [0.3, 0.4) is 0 Å². The van der Waals surface area contributed by atoms with Crippen molar-refractivity contribution in [2.45, 2.75) is 19.8 Å². The topological polar surface area (TPSA) is 79.2 Å². The van der Waals surface area contributed by atoms with Gasteiger partial charge in [-0.15, -0.1) is 0 Å². The summed E-state index contributed by atoms with van der Waals surface area (Å²) >= 11 is 6.01. The molecule has 0 bridgehead atoms. The highest BCUT2D eigenvalue weighted by atomic mass is 35.5. The summed E-state index contributed by atoms with van der Waals surface area (Å²) in [5, 5.41) is 1.60. The number of fused-ring (bicyclic) bond motifs is 1. The minimum atomic E-state index is -0.433. The molecule has 6 heteroatoms.